The number of nitrogens with zero attached hydrogens (tertiary/aromatic N) is 1. The molecule has 0 saturated carbocycles. The summed E-state index contributed by atoms with van der Waals surface area (Å²) in [5, 5.41) is 0. The zero-order valence-electron chi connectivity index (χ0n) is 15.2. The fourth-order valence-corrected chi connectivity index (χ4v) is 3.73. The zero-order chi connectivity index (χ0) is 20.6. The number of carbonyl (C=O) groups is 3. The van der Waals surface area contributed by atoms with Crippen LogP contribution in [0.5, 0.6) is 11.5 Å². The van der Waals surface area contributed by atoms with E-state index in [9.17, 15) is 14.4 Å². The summed E-state index contributed by atoms with van der Waals surface area (Å²) in [6.07, 6.45) is 1.67. The highest BCUT2D eigenvalue weighted by molar-refractivity contribution is 9.10. The van der Waals surface area contributed by atoms with Crippen molar-refractivity contribution in [2.45, 2.75) is 13.8 Å². The van der Waals surface area contributed by atoms with E-state index in [2.05, 4.69) is 31.9 Å². The van der Waals surface area contributed by atoms with Gasteiger partial charge in [-0.25, -0.2) is 4.90 Å². The molecule has 2 amide bonds. The number of anilines is 1. The highest BCUT2D eigenvalue weighted by atomic mass is 79.9. The van der Waals surface area contributed by atoms with E-state index in [1.165, 1.54) is 21.0 Å². The van der Waals surface area contributed by atoms with Gasteiger partial charge in [0.05, 0.1) is 18.4 Å². The summed E-state index contributed by atoms with van der Waals surface area (Å²) in [4.78, 5) is 37.3. The molecule has 28 heavy (non-hydrogen) atoms. The second-order valence-electron chi connectivity index (χ2n) is 6.00. The van der Waals surface area contributed by atoms with Crippen LogP contribution in [0.25, 0.3) is 11.6 Å². The Morgan fingerprint density at radius 2 is 1.79 bits per heavy atom. The highest BCUT2D eigenvalue weighted by Crippen LogP contribution is 2.41. The fourth-order valence-electron chi connectivity index (χ4n) is 2.93. The van der Waals surface area contributed by atoms with Gasteiger partial charge in [-0.05, 0) is 42.0 Å². The van der Waals surface area contributed by atoms with Crippen LogP contribution in [0.2, 0.25) is 0 Å². The zero-order valence-corrected chi connectivity index (χ0v) is 18.4. The molecule has 1 heterocycles. The van der Waals surface area contributed by atoms with Crippen molar-refractivity contribution >= 4 is 67.0 Å². The molecule has 0 aromatic heterocycles. The molecule has 0 atom stereocenters. The number of fused-ring (bicyclic) bond motifs is 1. The minimum absolute atomic E-state index is 0.260. The van der Waals surface area contributed by atoms with Crippen LogP contribution < -0.4 is 14.4 Å². The highest BCUT2D eigenvalue weighted by Gasteiger charge is 2.35. The summed E-state index contributed by atoms with van der Waals surface area (Å²) < 4.78 is 11.8. The molecule has 0 spiro atoms. The quantitative estimate of drug-likeness (QED) is 0.344. The Labute approximate surface area is 178 Å². The largest absolute Gasteiger partial charge is 0.493 e. The molecular formula is C20H15Br2NO5. The Morgan fingerprint density at radius 1 is 1.07 bits per heavy atom. The maximum absolute atomic E-state index is 12.9. The van der Waals surface area contributed by atoms with E-state index in [0.29, 0.717) is 32.6 Å². The number of benzene rings is 2. The lowest BCUT2D eigenvalue weighted by molar-refractivity contribution is -0.132. The van der Waals surface area contributed by atoms with E-state index in [1.54, 1.807) is 36.4 Å². The molecule has 1 aliphatic heterocycles. The lowest BCUT2D eigenvalue weighted by Crippen LogP contribution is -2.31. The van der Waals surface area contributed by atoms with Crippen molar-refractivity contribution in [3.05, 3.63) is 50.4 Å². The minimum Gasteiger partial charge on any atom is -0.493 e. The number of hydrogen-bond acceptors (Lipinski definition) is 5. The van der Waals surface area contributed by atoms with Gasteiger partial charge in [0.2, 0.25) is 5.91 Å². The molecule has 144 valence electrons. The predicted molar refractivity (Wildman–Crippen MR) is 112 cm³/mol. The molecule has 0 aliphatic carbocycles. The first-order valence-corrected chi connectivity index (χ1v) is 9.74. The van der Waals surface area contributed by atoms with Crippen LogP contribution in [0, 0.1) is 0 Å². The van der Waals surface area contributed by atoms with E-state index in [1.807, 2.05) is 0 Å². The number of methoxy groups -OCH3 is 1. The second-order valence-corrected chi connectivity index (χ2v) is 7.77. The molecule has 0 saturated heterocycles. The van der Waals surface area contributed by atoms with Crippen molar-refractivity contribution in [2.24, 2.45) is 0 Å². The molecule has 8 heteroatoms. The van der Waals surface area contributed by atoms with Crippen LogP contribution in [0.3, 0.4) is 0 Å². The first-order chi connectivity index (χ1) is 13.2. The number of ether oxygens (including phenoxy) is 2. The van der Waals surface area contributed by atoms with Gasteiger partial charge in [0, 0.05) is 28.4 Å². The average Bonchev–Trinajstić information content (AvgIpc) is 2.88. The Hall–Kier alpha value is -2.45. The number of rotatable bonds is 3. The topological polar surface area (TPSA) is 72.9 Å². The van der Waals surface area contributed by atoms with Gasteiger partial charge in [-0.15, -0.1) is 0 Å². The van der Waals surface area contributed by atoms with Crippen LogP contribution in [0.1, 0.15) is 25.0 Å². The lowest BCUT2D eigenvalue weighted by Gasteiger charge is -2.12. The van der Waals surface area contributed by atoms with Crippen molar-refractivity contribution in [1.29, 1.82) is 0 Å². The maximum atomic E-state index is 12.9. The molecular weight excluding hydrogens is 494 g/mol. The van der Waals surface area contributed by atoms with Gasteiger partial charge in [-0.1, -0.05) is 31.9 Å². The molecule has 2 aromatic carbocycles. The molecule has 1 aliphatic rings. The second kappa shape index (κ2) is 7.89. The van der Waals surface area contributed by atoms with Crippen LogP contribution in [-0.2, 0) is 14.4 Å². The van der Waals surface area contributed by atoms with E-state index in [4.69, 9.17) is 9.47 Å². The van der Waals surface area contributed by atoms with Crippen LogP contribution in [0.4, 0.5) is 5.69 Å². The maximum Gasteiger partial charge on any atom is 0.308 e. The van der Waals surface area contributed by atoms with Gasteiger partial charge in [0.25, 0.3) is 5.91 Å². The Bertz CT molecular complexity index is 1050. The van der Waals surface area contributed by atoms with E-state index in [0.717, 1.165) is 9.37 Å². The fraction of sp³-hybridized carbons (Fsp3) is 0.150. The van der Waals surface area contributed by atoms with E-state index >= 15 is 0 Å². The monoisotopic (exact) mass is 507 g/mol. The predicted octanol–water partition coefficient (Wildman–Crippen LogP) is 4.58. The van der Waals surface area contributed by atoms with Crippen LogP contribution in [-0.4, -0.2) is 24.9 Å². The molecule has 6 nitrogen and oxygen atoms in total. The normalized spacial score (nSPS) is 14.2. The number of halogens is 2. The SMILES string of the molecule is COc1cc(/C=C2\C(=O)N(C(C)=O)c3ccc(Br)cc32)c(Br)cc1OC(C)=O. The van der Waals surface area contributed by atoms with Crippen molar-refractivity contribution in [3.63, 3.8) is 0 Å². The summed E-state index contributed by atoms with van der Waals surface area (Å²) in [5.41, 5.74) is 2.18. The number of hydrogen-bond donors (Lipinski definition) is 0. The van der Waals surface area contributed by atoms with Crippen LogP contribution in [0.15, 0.2) is 39.3 Å². The number of imide groups is 1. The van der Waals surface area contributed by atoms with Crippen molar-refractivity contribution < 1.29 is 23.9 Å². The first-order valence-electron chi connectivity index (χ1n) is 8.15. The molecule has 0 fully saturated rings. The Morgan fingerprint density at radius 3 is 2.39 bits per heavy atom. The molecule has 2 aromatic rings. The number of amides is 2. The van der Waals surface area contributed by atoms with E-state index < -0.39 is 11.9 Å². The molecule has 0 N–H and O–H groups in total. The van der Waals surface area contributed by atoms with Crippen LogP contribution >= 0.6 is 31.9 Å². The van der Waals surface area contributed by atoms with Crippen molar-refractivity contribution in [2.75, 3.05) is 12.0 Å². The van der Waals surface area contributed by atoms with Gasteiger partial charge in [-0.3, -0.25) is 14.4 Å². The van der Waals surface area contributed by atoms with Gasteiger partial charge in [0.1, 0.15) is 0 Å². The summed E-state index contributed by atoms with van der Waals surface area (Å²) in [6.45, 7) is 2.64. The van der Waals surface area contributed by atoms with E-state index in [-0.39, 0.29) is 11.7 Å². The minimum atomic E-state index is -0.474. The van der Waals surface area contributed by atoms with Gasteiger partial charge >= 0.3 is 5.97 Å². The van der Waals surface area contributed by atoms with Gasteiger partial charge in [-0.2, -0.15) is 0 Å². The third-order valence-electron chi connectivity index (χ3n) is 4.07. The Balaban J connectivity index is 2.16. The number of carbonyl (C=O) groups excluding carboxylic acids is 3. The molecule has 3 rings (SSSR count). The summed E-state index contributed by atoms with van der Waals surface area (Å²) in [5.74, 6) is -0.642. The van der Waals surface area contributed by atoms with Crippen molar-refractivity contribution in [3.8, 4) is 11.5 Å². The summed E-state index contributed by atoms with van der Waals surface area (Å²) >= 11 is 6.84. The summed E-state index contributed by atoms with van der Waals surface area (Å²) in [6, 6.07) is 8.53. The molecule has 0 bridgehead atoms. The standard InChI is InChI=1S/C20H15Br2NO5/c1-10(24)23-17-5-4-13(21)8-14(17)15(20(23)26)6-12-7-18(27-3)19(9-16(12)22)28-11(2)25/h4-9H,1-3H3/b15-6-. The first kappa shape index (κ1) is 20.3. The Kier molecular flexibility index (Phi) is 5.71. The van der Waals surface area contributed by atoms with Gasteiger partial charge in [0.15, 0.2) is 11.5 Å². The third-order valence-corrected chi connectivity index (χ3v) is 5.25. The third kappa shape index (κ3) is 3.74. The average molecular weight is 509 g/mol. The molecule has 0 radical (unpaired) electrons. The smallest absolute Gasteiger partial charge is 0.308 e. The summed E-state index contributed by atoms with van der Waals surface area (Å²) in [7, 11) is 1.46. The van der Waals surface area contributed by atoms with Crippen molar-refractivity contribution in [1.82, 2.24) is 0 Å². The number of esters is 1. The molecule has 0 unspecified atom stereocenters. The van der Waals surface area contributed by atoms with Gasteiger partial charge < -0.3 is 9.47 Å². The lowest BCUT2D eigenvalue weighted by atomic mass is 10.0.